The van der Waals surface area contributed by atoms with Crippen LogP contribution in [0.15, 0.2) is 54.6 Å². The molecular formula is C22H26N2O2. The lowest BCUT2D eigenvalue weighted by Gasteiger charge is -2.24. The van der Waals surface area contributed by atoms with Gasteiger partial charge in [0.15, 0.2) is 0 Å². The van der Waals surface area contributed by atoms with Crippen molar-refractivity contribution in [2.75, 3.05) is 11.4 Å². The number of hydrogen-bond donors (Lipinski definition) is 1. The Morgan fingerprint density at radius 3 is 2.54 bits per heavy atom. The van der Waals surface area contributed by atoms with Crippen LogP contribution in [-0.2, 0) is 16.0 Å². The van der Waals surface area contributed by atoms with Gasteiger partial charge in [0.25, 0.3) is 0 Å². The van der Waals surface area contributed by atoms with Gasteiger partial charge in [-0.3, -0.25) is 14.5 Å². The van der Waals surface area contributed by atoms with E-state index in [1.807, 2.05) is 30.3 Å². The molecule has 1 aliphatic heterocycles. The molecule has 0 aliphatic carbocycles. The summed E-state index contributed by atoms with van der Waals surface area (Å²) in [6.45, 7) is 2.74. The highest BCUT2D eigenvalue weighted by Crippen LogP contribution is 2.26. The summed E-state index contributed by atoms with van der Waals surface area (Å²) in [6.07, 6.45) is 4.01. The quantitative estimate of drug-likeness (QED) is 0.775. The third-order valence-corrected chi connectivity index (χ3v) is 4.86. The summed E-state index contributed by atoms with van der Waals surface area (Å²) in [5.41, 5.74) is 3.41. The van der Waals surface area contributed by atoms with Crippen molar-refractivity contribution in [2.45, 2.75) is 45.1 Å². The average molecular weight is 350 g/mol. The van der Waals surface area contributed by atoms with E-state index in [2.05, 4.69) is 36.5 Å². The Kier molecular flexibility index (Phi) is 6.05. The second kappa shape index (κ2) is 8.65. The van der Waals surface area contributed by atoms with Crippen LogP contribution in [-0.4, -0.2) is 24.4 Å². The zero-order chi connectivity index (χ0) is 18.4. The molecule has 1 heterocycles. The molecule has 0 spiro atoms. The van der Waals surface area contributed by atoms with Crippen molar-refractivity contribution in [2.24, 2.45) is 0 Å². The molecule has 1 atom stereocenters. The van der Waals surface area contributed by atoms with E-state index in [9.17, 15) is 9.59 Å². The van der Waals surface area contributed by atoms with Crippen LogP contribution in [0, 0.1) is 6.92 Å². The molecule has 1 N–H and O–H groups in total. The van der Waals surface area contributed by atoms with Crippen molar-refractivity contribution < 1.29 is 9.59 Å². The molecular weight excluding hydrogens is 324 g/mol. The van der Waals surface area contributed by atoms with Gasteiger partial charge >= 0.3 is 0 Å². The van der Waals surface area contributed by atoms with Crippen molar-refractivity contribution >= 4 is 17.5 Å². The maximum Gasteiger partial charge on any atom is 0.243 e. The highest BCUT2D eigenvalue weighted by atomic mass is 16.2. The minimum absolute atomic E-state index is 0.0238. The minimum Gasteiger partial charge on any atom is -0.354 e. The van der Waals surface area contributed by atoms with Gasteiger partial charge in [0, 0.05) is 18.7 Å². The molecule has 4 nitrogen and oxygen atoms in total. The fourth-order valence-corrected chi connectivity index (χ4v) is 3.38. The minimum atomic E-state index is -0.387. The summed E-state index contributed by atoms with van der Waals surface area (Å²) in [7, 11) is 0. The first-order valence-corrected chi connectivity index (χ1v) is 9.35. The zero-order valence-corrected chi connectivity index (χ0v) is 15.3. The number of aryl methyl sites for hydroxylation is 2. The van der Waals surface area contributed by atoms with Crippen LogP contribution < -0.4 is 10.2 Å². The summed E-state index contributed by atoms with van der Waals surface area (Å²) in [4.78, 5) is 26.4. The molecule has 4 heteroatoms. The number of para-hydroxylation sites is 1. The zero-order valence-electron chi connectivity index (χ0n) is 15.3. The molecule has 1 saturated heterocycles. The molecule has 136 valence electrons. The largest absolute Gasteiger partial charge is 0.354 e. The molecule has 1 fully saturated rings. The van der Waals surface area contributed by atoms with E-state index in [0.717, 1.165) is 24.9 Å². The van der Waals surface area contributed by atoms with Crippen molar-refractivity contribution in [1.82, 2.24) is 5.32 Å². The summed E-state index contributed by atoms with van der Waals surface area (Å²) in [5.74, 6) is -0.0224. The van der Waals surface area contributed by atoms with Gasteiger partial charge in [0.1, 0.15) is 6.04 Å². The van der Waals surface area contributed by atoms with Gasteiger partial charge in [-0.05, 0) is 50.3 Å². The van der Waals surface area contributed by atoms with Crippen LogP contribution in [0.4, 0.5) is 5.69 Å². The van der Waals surface area contributed by atoms with E-state index in [-0.39, 0.29) is 17.9 Å². The van der Waals surface area contributed by atoms with Crippen molar-refractivity contribution in [3.8, 4) is 0 Å². The number of carbonyl (C=O) groups is 2. The predicted octanol–water partition coefficient (Wildman–Crippen LogP) is 3.63. The summed E-state index contributed by atoms with van der Waals surface area (Å²) in [5, 5.41) is 3.01. The fraction of sp³-hybridized carbons (Fsp3) is 0.364. The van der Waals surface area contributed by atoms with Gasteiger partial charge < -0.3 is 5.32 Å². The molecule has 1 unspecified atom stereocenters. The standard InChI is InChI=1S/C22H26N2O2/c1-17-10-12-18(13-11-17)7-5-6-16-23-22(26)20-14-15-21(25)24(20)19-8-3-2-4-9-19/h2-4,8-13,20H,5-7,14-16H2,1H3,(H,23,26). The van der Waals surface area contributed by atoms with Gasteiger partial charge in [-0.15, -0.1) is 0 Å². The van der Waals surface area contributed by atoms with Crippen LogP contribution in [0.1, 0.15) is 36.8 Å². The topological polar surface area (TPSA) is 49.4 Å². The lowest BCUT2D eigenvalue weighted by atomic mass is 10.1. The Morgan fingerprint density at radius 1 is 1.08 bits per heavy atom. The number of unbranched alkanes of at least 4 members (excludes halogenated alkanes) is 1. The first kappa shape index (κ1) is 18.2. The maximum absolute atomic E-state index is 12.5. The normalized spacial score (nSPS) is 16.7. The van der Waals surface area contributed by atoms with Gasteiger partial charge in [-0.2, -0.15) is 0 Å². The van der Waals surface area contributed by atoms with E-state index >= 15 is 0 Å². The van der Waals surface area contributed by atoms with Crippen LogP contribution in [0.5, 0.6) is 0 Å². The second-order valence-corrected chi connectivity index (χ2v) is 6.89. The molecule has 26 heavy (non-hydrogen) atoms. The Labute approximate surface area is 155 Å². The lowest BCUT2D eigenvalue weighted by Crippen LogP contribution is -2.45. The fourth-order valence-electron chi connectivity index (χ4n) is 3.38. The maximum atomic E-state index is 12.5. The number of rotatable bonds is 7. The first-order valence-electron chi connectivity index (χ1n) is 9.35. The van der Waals surface area contributed by atoms with Gasteiger partial charge in [0.05, 0.1) is 0 Å². The SMILES string of the molecule is Cc1ccc(CCCCNC(=O)C2CCC(=O)N2c2ccccc2)cc1. The van der Waals surface area contributed by atoms with E-state index < -0.39 is 0 Å². The highest BCUT2D eigenvalue weighted by Gasteiger charge is 2.36. The Hall–Kier alpha value is -2.62. The van der Waals surface area contributed by atoms with Gasteiger partial charge in [-0.25, -0.2) is 0 Å². The van der Waals surface area contributed by atoms with Gasteiger partial charge in [0.2, 0.25) is 11.8 Å². The monoisotopic (exact) mass is 350 g/mol. The van der Waals surface area contributed by atoms with E-state index in [1.165, 1.54) is 11.1 Å². The van der Waals surface area contributed by atoms with Crippen LogP contribution in [0.2, 0.25) is 0 Å². The Morgan fingerprint density at radius 2 is 1.81 bits per heavy atom. The molecule has 0 bridgehead atoms. The summed E-state index contributed by atoms with van der Waals surface area (Å²) in [6, 6.07) is 17.7. The second-order valence-electron chi connectivity index (χ2n) is 6.89. The molecule has 1 aliphatic rings. The molecule has 0 aromatic heterocycles. The van der Waals surface area contributed by atoms with E-state index in [1.54, 1.807) is 4.90 Å². The predicted molar refractivity (Wildman–Crippen MR) is 104 cm³/mol. The van der Waals surface area contributed by atoms with Crippen molar-refractivity contribution in [3.63, 3.8) is 0 Å². The average Bonchev–Trinajstić information content (AvgIpc) is 3.05. The molecule has 0 saturated carbocycles. The molecule has 2 amide bonds. The Balaban J connectivity index is 1.45. The van der Waals surface area contributed by atoms with Crippen molar-refractivity contribution in [3.05, 3.63) is 65.7 Å². The number of hydrogen-bond acceptors (Lipinski definition) is 2. The lowest BCUT2D eigenvalue weighted by molar-refractivity contribution is -0.123. The van der Waals surface area contributed by atoms with Crippen LogP contribution >= 0.6 is 0 Å². The smallest absolute Gasteiger partial charge is 0.243 e. The van der Waals surface area contributed by atoms with E-state index in [0.29, 0.717) is 19.4 Å². The molecule has 2 aromatic carbocycles. The third kappa shape index (κ3) is 4.51. The number of nitrogens with one attached hydrogen (secondary N) is 1. The number of amides is 2. The van der Waals surface area contributed by atoms with Crippen LogP contribution in [0.25, 0.3) is 0 Å². The number of benzene rings is 2. The molecule has 0 radical (unpaired) electrons. The highest BCUT2D eigenvalue weighted by molar-refractivity contribution is 6.03. The number of nitrogens with zero attached hydrogens (tertiary/aromatic N) is 1. The van der Waals surface area contributed by atoms with Crippen molar-refractivity contribution in [1.29, 1.82) is 0 Å². The molecule has 2 aromatic rings. The summed E-state index contributed by atoms with van der Waals surface area (Å²) >= 11 is 0. The Bertz CT molecular complexity index is 740. The van der Waals surface area contributed by atoms with E-state index in [4.69, 9.17) is 0 Å². The summed E-state index contributed by atoms with van der Waals surface area (Å²) < 4.78 is 0. The third-order valence-electron chi connectivity index (χ3n) is 4.86. The number of anilines is 1. The molecule has 3 rings (SSSR count). The first-order chi connectivity index (χ1) is 12.6. The van der Waals surface area contributed by atoms with Gasteiger partial charge in [-0.1, -0.05) is 48.0 Å². The number of carbonyl (C=O) groups excluding carboxylic acids is 2. The van der Waals surface area contributed by atoms with Crippen LogP contribution in [0.3, 0.4) is 0 Å².